The molecule has 146 valence electrons. The first-order valence-corrected chi connectivity index (χ1v) is 11.6. The van der Waals surface area contributed by atoms with Crippen molar-refractivity contribution in [2.75, 3.05) is 0 Å². The van der Waals surface area contributed by atoms with E-state index in [1.165, 1.54) is 54.9 Å². The number of rotatable bonds is 2. The minimum absolute atomic E-state index is 0.506. The standard InChI is InChI=1S/C26H24Cl2Si/c1-13-9-7-11-19-21(15(13)3)25(17(5)23(19)27)29-26-18(6)24(28)20-12-8-10-14(2)16(4)22(20)26/h7-12H,1-6H3. The van der Waals surface area contributed by atoms with Gasteiger partial charge in [-0.15, -0.1) is 0 Å². The van der Waals surface area contributed by atoms with E-state index in [0.29, 0.717) is 9.52 Å². The summed E-state index contributed by atoms with van der Waals surface area (Å²) in [7, 11) is 0.506. The maximum atomic E-state index is 6.82. The summed E-state index contributed by atoms with van der Waals surface area (Å²) in [4.78, 5) is 0. The highest BCUT2D eigenvalue weighted by Crippen LogP contribution is 2.38. The summed E-state index contributed by atoms with van der Waals surface area (Å²) in [5.41, 5.74) is 12.5. The van der Waals surface area contributed by atoms with E-state index >= 15 is 0 Å². The van der Waals surface area contributed by atoms with Crippen molar-refractivity contribution in [2.45, 2.75) is 41.5 Å². The molecule has 29 heavy (non-hydrogen) atoms. The van der Waals surface area contributed by atoms with Crippen molar-refractivity contribution < 1.29 is 0 Å². The summed E-state index contributed by atoms with van der Waals surface area (Å²) in [6.07, 6.45) is 0. The molecule has 0 aliphatic heterocycles. The molecule has 0 amide bonds. The fourth-order valence-electron chi connectivity index (χ4n) is 4.24. The monoisotopic (exact) mass is 434 g/mol. The van der Waals surface area contributed by atoms with Crippen molar-refractivity contribution in [1.82, 2.24) is 0 Å². The number of halogens is 2. The Morgan fingerprint density at radius 2 is 0.931 bits per heavy atom. The second-order valence-corrected chi connectivity index (χ2v) is 10.0. The Morgan fingerprint density at radius 3 is 1.31 bits per heavy atom. The lowest BCUT2D eigenvalue weighted by Crippen LogP contribution is -2.31. The van der Waals surface area contributed by atoms with Gasteiger partial charge in [0.1, 0.15) is 9.52 Å². The Hall–Kier alpha value is -1.80. The smallest absolute Gasteiger partial charge is 0.0834 e. The van der Waals surface area contributed by atoms with Gasteiger partial charge in [0.05, 0.1) is 10.0 Å². The third-order valence-corrected chi connectivity index (χ3v) is 9.05. The minimum Gasteiger partial charge on any atom is -0.0834 e. The van der Waals surface area contributed by atoms with Crippen molar-refractivity contribution >= 4 is 43.1 Å². The average molecular weight is 435 g/mol. The van der Waals surface area contributed by atoms with Crippen LogP contribution < -0.4 is 10.4 Å². The van der Waals surface area contributed by atoms with E-state index in [1.54, 1.807) is 0 Å². The van der Waals surface area contributed by atoms with E-state index in [4.69, 9.17) is 23.2 Å². The minimum atomic E-state index is 0.506. The molecular formula is C26H24Cl2Si. The second-order valence-electron chi connectivity index (χ2n) is 8.00. The van der Waals surface area contributed by atoms with Crippen molar-refractivity contribution in [3.05, 3.63) is 79.8 Å². The summed E-state index contributed by atoms with van der Waals surface area (Å²) in [6, 6.07) is 12.9. The van der Waals surface area contributed by atoms with Crippen molar-refractivity contribution in [1.29, 1.82) is 0 Å². The molecule has 3 heteroatoms. The van der Waals surface area contributed by atoms with Crippen LogP contribution in [0.5, 0.6) is 0 Å². The predicted molar refractivity (Wildman–Crippen MR) is 130 cm³/mol. The van der Waals surface area contributed by atoms with E-state index in [2.05, 4.69) is 77.9 Å². The maximum Gasteiger partial charge on any atom is 0.124 e. The van der Waals surface area contributed by atoms with Gasteiger partial charge in [-0.1, -0.05) is 59.6 Å². The molecule has 0 aromatic carbocycles. The lowest BCUT2D eigenvalue weighted by Gasteiger charge is -2.11. The molecule has 0 saturated heterocycles. The van der Waals surface area contributed by atoms with Gasteiger partial charge in [0.15, 0.2) is 0 Å². The normalized spacial score (nSPS) is 11.6. The molecule has 0 bridgehead atoms. The molecule has 0 saturated carbocycles. The van der Waals surface area contributed by atoms with Crippen molar-refractivity contribution in [2.24, 2.45) is 0 Å². The molecule has 2 radical (unpaired) electrons. The quantitative estimate of drug-likeness (QED) is 0.307. The Balaban J connectivity index is 2.03. The highest BCUT2D eigenvalue weighted by molar-refractivity contribution is 6.73. The van der Waals surface area contributed by atoms with E-state index in [-0.39, 0.29) is 0 Å². The molecule has 0 N–H and O–H groups in total. The van der Waals surface area contributed by atoms with Crippen LogP contribution >= 0.6 is 23.2 Å². The van der Waals surface area contributed by atoms with Crippen LogP contribution in [0.15, 0.2) is 36.4 Å². The lowest BCUT2D eigenvalue weighted by molar-refractivity contribution is 1.38. The van der Waals surface area contributed by atoms with Gasteiger partial charge in [-0.05, 0) is 96.4 Å². The summed E-state index contributed by atoms with van der Waals surface area (Å²) in [6.45, 7) is 13.1. The van der Waals surface area contributed by atoms with Gasteiger partial charge >= 0.3 is 0 Å². The molecule has 0 spiro atoms. The van der Waals surface area contributed by atoms with Crippen LogP contribution in [0.25, 0.3) is 22.3 Å². The van der Waals surface area contributed by atoms with E-state index < -0.39 is 0 Å². The SMILES string of the molecule is Cc1cccc2c(Cl)c(C)c([Si]c3c(C)c(Cl)c4cccc(C)c(C)c3-4)c-2c1C. The molecule has 0 fully saturated rings. The van der Waals surface area contributed by atoms with Gasteiger partial charge < -0.3 is 0 Å². The Morgan fingerprint density at radius 1 is 0.552 bits per heavy atom. The van der Waals surface area contributed by atoms with Gasteiger partial charge in [0.25, 0.3) is 0 Å². The van der Waals surface area contributed by atoms with E-state index in [1.807, 2.05) is 0 Å². The summed E-state index contributed by atoms with van der Waals surface area (Å²) < 4.78 is 0. The average Bonchev–Trinajstić information content (AvgIpc) is 2.91. The first-order valence-electron chi connectivity index (χ1n) is 9.87. The number of fused-ring (bicyclic) bond motifs is 2. The van der Waals surface area contributed by atoms with Gasteiger partial charge in [-0.3, -0.25) is 0 Å². The second kappa shape index (κ2) is 7.47. The molecule has 4 aliphatic rings. The molecular weight excluding hydrogens is 411 g/mol. The van der Waals surface area contributed by atoms with Crippen LogP contribution in [0.1, 0.15) is 33.4 Å². The van der Waals surface area contributed by atoms with Crippen molar-refractivity contribution in [3.63, 3.8) is 0 Å². The first kappa shape index (κ1) is 20.5. The number of hydrogen-bond donors (Lipinski definition) is 0. The largest absolute Gasteiger partial charge is 0.124 e. The summed E-state index contributed by atoms with van der Waals surface area (Å²) in [5, 5.41) is 4.44. The van der Waals surface area contributed by atoms with Gasteiger partial charge in [0.2, 0.25) is 0 Å². The fourth-order valence-corrected chi connectivity index (χ4v) is 6.67. The lowest BCUT2D eigenvalue weighted by atomic mass is 10.1. The van der Waals surface area contributed by atoms with Crippen LogP contribution in [-0.2, 0) is 0 Å². The molecule has 4 rings (SSSR count). The van der Waals surface area contributed by atoms with Gasteiger partial charge in [0, 0.05) is 11.1 Å². The molecule has 0 aromatic rings. The Kier molecular flexibility index (Phi) is 5.27. The van der Waals surface area contributed by atoms with E-state index in [0.717, 1.165) is 21.2 Å². The third-order valence-electron chi connectivity index (χ3n) is 6.32. The number of hydrogen-bond acceptors (Lipinski definition) is 0. The van der Waals surface area contributed by atoms with Crippen LogP contribution in [-0.4, -0.2) is 9.52 Å². The highest BCUT2D eigenvalue weighted by atomic mass is 35.5. The Labute approximate surface area is 186 Å². The topological polar surface area (TPSA) is 0 Å². The fraction of sp³-hybridized carbons (Fsp3) is 0.231. The van der Waals surface area contributed by atoms with Crippen molar-refractivity contribution in [3.8, 4) is 22.3 Å². The summed E-state index contributed by atoms with van der Waals surface area (Å²) >= 11 is 13.6. The molecule has 0 unspecified atom stereocenters. The molecule has 4 aliphatic carbocycles. The predicted octanol–water partition coefficient (Wildman–Crippen LogP) is 6.71. The Bertz CT molecular complexity index is 1110. The van der Waals surface area contributed by atoms with Crippen LogP contribution in [0.2, 0.25) is 10.0 Å². The van der Waals surface area contributed by atoms with E-state index in [9.17, 15) is 0 Å². The van der Waals surface area contributed by atoms with Crippen LogP contribution in [0.4, 0.5) is 0 Å². The molecule has 0 heterocycles. The zero-order chi connectivity index (χ0) is 21.0. The number of aryl methyl sites for hydroxylation is 2. The van der Waals surface area contributed by atoms with Gasteiger partial charge in [-0.25, -0.2) is 0 Å². The third kappa shape index (κ3) is 3.11. The highest BCUT2D eigenvalue weighted by Gasteiger charge is 2.27. The molecule has 0 atom stereocenters. The molecule has 0 nitrogen and oxygen atoms in total. The summed E-state index contributed by atoms with van der Waals surface area (Å²) in [5.74, 6) is 0. The zero-order valence-corrected chi connectivity index (χ0v) is 20.2. The zero-order valence-electron chi connectivity index (χ0n) is 17.7. The first-order chi connectivity index (χ1) is 13.7. The van der Waals surface area contributed by atoms with Crippen LogP contribution in [0, 0.1) is 41.5 Å². The van der Waals surface area contributed by atoms with Crippen LogP contribution in [0.3, 0.4) is 0 Å². The molecule has 0 aromatic heterocycles. The maximum absolute atomic E-state index is 6.82. The van der Waals surface area contributed by atoms with Gasteiger partial charge in [-0.2, -0.15) is 0 Å².